The van der Waals surface area contributed by atoms with Crippen molar-refractivity contribution in [1.82, 2.24) is 0 Å². The molecule has 256 valence electrons. The van der Waals surface area contributed by atoms with Crippen LogP contribution in [0.2, 0.25) is 0 Å². The van der Waals surface area contributed by atoms with E-state index < -0.39 is 24.2 Å². The van der Waals surface area contributed by atoms with Crippen LogP contribution in [0.4, 0.5) is 0 Å². The average molecular weight is 681 g/mol. The van der Waals surface area contributed by atoms with Gasteiger partial charge in [0.1, 0.15) is 35.7 Å². The Morgan fingerprint density at radius 1 is 0.346 bits per heavy atom. The Kier molecular flexibility index (Phi) is 10.3. The normalized spacial score (nSPS) is 18.8. The minimum atomic E-state index is -0.446. The highest BCUT2D eigenvalue weighted by Crippen LogP contribution is 2.38. The summed E-state index contributed by atoms with van der Waals surface area (Å²) in [5, 5.41) is 23.4. The molecule has 6 aromatic rings. The Hall–Kier alpha value is -6.40. The molecule has 0 radical (unpaired) electrons. The summed E-state index contributed by atoms with van der Waals surface area (Å²) in [7, 11) is 0. The van der Waals surface area contributed by atoms with Gasteiger partial charge >= 0.3 is 0 Å². The maximum absolute atomic E-state index is 11.7. The molecule has 4 unspecified atom stereocenters. The number of aryl methyl sites for hydroxylation is 2. The molecule has 0 aromatic heterocycles. The van der Waals surface area contributed by atoms with E-state index in [0.29, 0.717) is 22.3 Å². The molecular formula is C46H40N4O2. The molecule has 2 N–H and O–H groups in total. The van der Waals surface area contributed by atoms with E-state index in [-0.39, 0.29) is 11.5 Å². The minimum absolute atomic E-state index is 0.0905. The molecule has 0 saturated heterocycles. The number of phenolic OH excluding ortho intramolecular Hbond substituents is 2. The number of hydrogen-bond acceptors (Lipinski definition) is 6. The van der Waals surface area contributed by atoms with Crippen LogP contribution in [0.15, 0.2) is 166 Å². The number of nitrogens with zero attached hydrogens (tertiary/aromatic N) is 4. The second kappa shape index (κ2) is 15.7. The van der Waals surface area contributed by atoms with E-state index in [1.165, 1.54) is 0 Å². The number of phenols is 2. The van der Waals surface area contributed by atoms with Crippen molar-refractivity contribution in [3.63, 3.8) is 0 Å². The summed E-state index contributed by atoms with van der Waals surface area (Å²) in [6, 6.07) is 46.1. The van der Waals surface area contributed by atoms with Crippen molar-refractivity contribution in [2.75, 3.05) is 0 Å². The van der Waals surface area contributed by atoms with Crippen LogP contribution in [-0.4, -0.2) is 35.1 Å². The molecule has 4 bridgehead atoms. The van der Waals surface area contributed by atoms with Crippen molar-refractivity contribution in [3.8, 4) is 11.5 Å². The summed E-state index contributed by atoms with van der Waals surface area (Å²) in [5.41, 5.74) is 8.09. The van der Waals surface area contributed by atoms with Crippen molar-refractivity contribution in [2.45, 2.75) is 38.0 Å². The van der Waals surface area contributed by atoms with Crippen molar-refractivity contribution in [3.05, 3.63) is 201 Å². The van der Waals surface area contributed by atoms with E-state index in [2.05, 4.69) is 0 Å². The molecule has 0 spiro atoms. The van der Waals surface area contributed by atoms with Gasteiger partial charge in [-0.05, 0) is 71.5 Å². The molecule has 1 heterocycles. The fraction of sp³-hybridized carbons (Fsp3) is 0.130. The molecule has 1 aliphatic heterocycles. The third kappa shape index (κ3) is 7.67. The van der Waals surface area contributed by atoms with Crippen molar-refractivity contribution in [1.29, 1.82) is 0 Å². The molecule has 0 saturated carbocycles. The minimum Gasteiger partial charge on any atom is -0.507 e. The number of fused-ring (bicyclic) bond motifs is 4. The monoisotopic (exact) mass is 680 g/mol. The molecule has 6 nitrogen and oxygen atoms in total. The zero-order chi connectivity index (χ0) is 35.9. The summed E-state index contributed by atoms with van der Waals surface area (Å²) in [4.78, 5) is 20.6. The predicted molar refractivity (Wildman–Crippen MR) is 213 cm³/mol. The van der Waals surface area contributed by atoms with Gasteiger partial charge in [-0.2, -0.15) is 0 Å². The quantitative estimate of drug-likeness (QED) is 0.194. The highest BCUT2D eigenvalue weighted by atomic mass is 16.3. The van der Waals surface area contributed by atoms with Gasteiger partial charge in [0.05, 0.1) is 0 Å². The first kappa shape index (κ1) is 34.1. The molecule has 0 aliphatic carbocycles. The van der Waals surface area contributed by atoms with Crippen LogP contribution < -0.4 is 0 Å². The topological polar surface area (TPSA) is 89.9 Å². The van der Waals surface area contributed by atoms with Gasteiger partial charge in [-0.1, -0.05) is 121 Å². The lowest BCUT2D eigenvalue weighted by molar-refractivity contribution is 0.472. The van der Waals surface area contributed by atoms with Crippen molar-refractivity contribution < 1.29 is 10.2 Å². The van der Waals surface area contributed by atoms with Gasteiger partial charge in [-0.3, -0.25) is 20.0 Å². The summed E-state index contributed by atoms with van der Waals surface area (Å²) in [6.07, 6.45) is 6.94. The fourth-order valence-corrected chi connectivity index (χ4v) is 6.71. The molecule has 7 rings (SSSR count). The van der Waals surface area contributed by atoms with Crippen LogP contribution in [0.25, 0.3) is 0 Å². The molecule has 6 aromatic carbocycles. The number of benzene rings is 6. The molecule has 6 heteroatoms. The summed E-state index contributed by atoms with van der Waals surface area (Å²) >= 11 is 0. The maximum atomic E-state index is 11.7. The van der Waals surface area contributed by atoms with Crippen LogP contribution in [0.5, 0.6) is 11.5 Å². The zero-order valence-corrected chi connectivity index (χ0v) is 29.2. The SMILES string of the molecule is Cc1cc2c(O)c(c1)C=NC(c1ccccc1)C(c1ccccc1)N=Cc1cc(C)cc(c1O)C=NC(c1ccccc1)C(c1ccccc1)N=C2. The molecule has 52 heavy (non-hydrogen) atoms. The van der Waals surface area contributed by atoms with Gasteiger partial charge in [0.15, 0.2) is 0 Å². The first-order valence-corrected chi connectivity index (χ1v) is 17.4. The lowest BCUT2D eigenvalue weighted by Crippen LogP contribution is -2.10. The van der Waals surface area contributed by atoms with E-state index >= 15 is 0 Å². The third-order valence-electron chi connectivity index (χ3n) is 9.29. The van der Waals surface area contributed by atoms with E-state index in [0.717, 1.165) is 33.4 Å². The van der Waals surface area contributed by atoms with E-state index in [4.69, 9.17) is 20.0 Å². The second-order valence-corrected chi connectivity index (χ2v) is 13.1. The summed E-state index contributed by atoms with van der Waals surface area (Å²) in [6.45, 7) is 4.00. The van der Waals surface area contributed by atoms with E-state index in [1.54, 1.807) is 24.9 Å². The van der Waals surface area contributed by atoms with E-state index in [9.17, 15) is 10.2 Å². The van der Waals surface area contributed by atoms with Gasteiger partial charge in [-0.25, -0.2) is 0 Å². The lowest BCUT2D eigenvalue weighted by atomic mass is 9.93. The molecule has 0 fully saturated rings. The highest BCUT2D eigenvalue weighted by Gasteiger charge is 2.26. The standard InChI is InChI=1S/C46H40N4O2/c1-31-23-37-27-47-41(33-15-7-3-8-16-33)43(35-19-11-5-12-20-35)49-29-39-25-32(2)26-40(46(39)52)30-50-44(36-21-13-6-14-22-36)42(34-17-9-4-10-18-34)48-28-38(24-31)45(37)51/h3-30,41-44,51-52H,1-2H3. The highest BCUT2D eigenvalue weighted by molar-refractivity contribution is 5.94. The largest absolute Gasteiger partial charge is 0.507 e. The van der Waals surface area contributed by atoms with Gasteiger partial charge in [0.2, 0.25) is 0 Å². The molecular weight excluding hydrogens is 641 g/mol. The second-order valence-electron chi connectivity index (χ2n) is 13.1. The van der Waals surface area contributed by atoms with Crippen LogP contribution >= 0.6 is 0 Å². The lowest BCUT2D eigenvalue weighted by Gasteiger charge is -2.23. The Balaban J connectivity index is 1.47. The predicted octanol–water partition coefficient (Wildman–Crippen LogP) is 10.1. The maximum Gasteiger partial charge on any atom is 0.133 e. The summed E-state index contributed by atoms with van der Waals surface area (Å²) < 4.78 is 0. The van der Waals surface area contributed by atoms with Gasteiger partial charge in [0.25, 0.3) is 0 Å². The Morgan fingerprint density at radius 2 is 0.558 bits per heavy atom. The molecule has 4 atom stereocenters. The Morgan fingerprint density at radius 3 is 0.769 bits per heavy atom. The van der Waals surface area contributed by atoms with Gasteiger partial charge in [0, 0.05) is 47.1 Å². The summed E-state index contributed by atoms with van der Waals surface area (Å²) in [5.74, 6) is 0.181. The van der Waals surface area contributed by atoms with Gasteiger partial charge in [-0.15, -0.1) is 0 Å². The van der Waals surface area contributed by atoms with Crippen LogP contribution in [0.3, 0.4) is 0 Å². The van der Waals surface area contributed by atoms with Crippen molar-refractivity contribution in [2.24, 2.45) is 20.0 Å². The smallest absolute Gasteiger partial charge is 0.133 e. The van der Waals surface area contributed by atoms with Crippen LogP contribution in [0.1, 0.15) is 79.8 Å². The van der Waals surface area contributed by atoms with E-state index in [1.807, 2.05) is 159 Å². The average Bonchev–Trinajstić information content (AvgIpc) is 3.18. The number of rotatable bonds is 4. The Bertz CT molecular complexity index is 1930. The zero-order valence-electron chi connectivity index (χ0n) is 29.2. The molecule has 0 amide bonds. The first-order chi connectivity index (χ1) is 25.4. The van der Waals surface area contributed by atoms with Crippen molar-refractivity contribution >= 4 is 24.9 Å². The third-order valence-corrected chi connectivity index (χ3v) is 9.29. The number of aromatic hydroxyl groups is 2. The molecule has 1 aliphatic rings. The Labute approximate surface area is 305 Å². The fourth-order valence-electron chi connectivity index (χ4n) is 6.71. The van der Waals surface area contributed by atoms with Gasteiger partial charge < -0.3 is 10.2 Å². The first-order valence-electron chi connectivity index (χ1n) is 17.4. The van der Waals surface area contributed by atoms with Crippen LogP contribution in [-0.2, 0) is 0 Å². The number of aliphatic imine (C=N–C) groups is 4. The number of hydrogen-bond donors (Lipinski definition) is 2. The van der Waals surface area contributed by atoms with Crippen LogP contribution in [0, 0.1) is 13.8 Å².